The normalized spacial score (nSPS) is 19.5. The van der Waals surface area contributed by atoms with Crippen LogP contribution < -0.4 is 0 Å². The fourth-order valence-electron chi connectivity index (χ4n) is 2.91. The molecule has 0 aliphatic carbocycles. The number of carbonyl (C=O) groups is 1. The van der Waals surface area contributed by atoms with E-state index in [4.69, 9.17) is 0 Å². The third-order valence-electron chi connectivity index (χ3n) is 3.90. The van der Waals surface area contributed by atoms with Crippen LogP contribution in [0.1, 0.15) is 12.8 Å². The SMILES string of the molecule is CN(C[Si](C)(C)F)C(=O)[C@@H]1CCCN1S(=O)(=O)c1ccc(Br)cc1. The van der Waals surface area contributed by atoms with E-state index in [0.717, 1.165) is 4.47 Å². The third-order valence-corrected chi connectivity index (χ3v) is 7.58. The number of halogens is 2. The molecule has 134 valence electrons. The molecule has 1 aromatic carbocycles. The van der Waals surface area contributed by atoms with Crippen LogP contribution in [0.2, 0.25) is 13.1 Å². The third kappa shape index (κ3) is 4.44. The van der Waals surface area contributed by atoms with E-state index in [1.807, 2.05) is 0 Å². The molecule has 1 fully saturated rings. The molecule has 0 radical (unpaired) electrons. The minimum atomic E-state index is -3.74. The number of nitrogens with zero attached hydrogens (tertiary/aromatic N) is 2. The lowest BCUT2D eigenvalue weighted by Crippen LogP contribution is -2.50. The van der Waals surface area contributed by atoms with Gasteiger partial charge in [-0.15, -0.1) is 0 Å². The van der Waals surface area contributed by atoms with Gasteiger partial charge in [0, 0.05) is 24.2 Å². The molecule has 24 heavy (non-hydrogen) atoms. The summed E-state index contributed by atoms with van der Waals surface area (Å²) in [5, 5.41) is 0. The summed E-state index contributed by atoms with van der Waals surface area (Å²) in [4.78, 5) is 14.1. The summed E-state index contributed by atoms with van der Waals surface area (Å²) < 4.78 is 41.6. The van der Waals surface area contributed by atoms with Crippen molar-refractivity contribution in [3.63, 3.8) is 0 Å². The number of rotatable bonds is 5. The highest BCUT2D eigenvalue weighted by Gasteiger charge is 2.41. The lowest BCUT2D eigenvalue weighted by Gasteiger charge is -2.29. The highest BCUT2D eigenvalue weighted by atomic mass is 79.9. The highest BCUT2D eigenvalue weighted by molar-refractivity contribution is 9.10. The monoisotopic (exact) mass is 436 g/mol. The molecular weight excluding hydrogens is 415 g/mol. The summed E-state index contributed by atoms with van der Waals surface area (Å²) >= 11 is 3.28. The van der Waals surface area contributed by atoms with E-state index in [0.29, 0.717) is 19.4 Å². The van der Waals surface area contributed by atoms with Gasteiger partial charge in [0.2, 0.25) is 15.9 Å². The lowest BCUT2D eigenvalue weighted by molar-refractivity contribution is -0.132. The first-order chi connectivity index (χ1) is 11.0. The Morgan fingerprint density at radius 2 is 1.96 bits per heavy atom. The van der Waals surface area contributed by atoms with Crippen LogP contribution in [-0.4, -0.2) is 57.7 Å². The molecule has 1 heterocycles. The molecule has 0 spiro atoms. The molecule has 0 bridgehead atoms. The maximum Gasteiger partial charge on any atom is 0.259 e. The average molecular weight is 437 g/mol. The molecule has 0 aromatic heterocycles. The molecule has 1 amide bonds. The van der Waals surface area contributed by atoms with Crippen molar-refractivity contribution in [1.82, 2.24) is 9.21 Å². The minimum absolute atomic E-state index is 0.0640. The fraction of sp³-hybridized carbons (Fsp3) is 0.533. The Labute approximate surface area is 152 Å². The van der Waals surface area contributed by atoms with Gasteiger partial charge in [0.25, 0.3) is 8.41 Å². The molecular formula is C15H22BrFN2O3SSi. The second-order valence-electron chi connectivity index (χ2n) is 6.64. The molecule has 1 aliphatic heterocycles. The van der Waals surface area contributed by atoms with Gasteiger partial charge in [0.1, 0.15) is 6.04 Å². The minimum Gasteiger partial charge on any atom is -0.344 e. The van der Waals surface area contributed by atoms with E-state index in [-0.39, 0.29) is 17.0 Å². The summed E-state index contributed by atoms with van der Waals surface area (Å²) in [6, 6.07) is 5.59. The molecule has 1 aliphatic rings. The first-order valence-corrected chi connectivity index (χ1v) is 13.1. The Bertz CT molecular complexity index is 706. The van der Waals surface area contributed by atoms with Crippen molar-refractivity contribution in [2.75, 3.05) is 19.8 Å². The van der Waals surface area contributed by atoms with Gasteiger partial charge < -0.3 is 9.01 Å². The van der Waals surface area contributed by atoms with Crippen LogP contribution in [-0.2, 0) is 14.8 Å². The van der Waals surface area contributed by atoms with E-state index < -0.39 is 24.5 Å². The molecule has 0 saturated carbocycles. The van der Waals surface area contributed by atoms with Crippen molar-refractivity contribution in [3.05, 3.63) is 28.7 Å². The first-order valence-electron chi connectivity index (χ1n) is 7.74. The van der Waals surface area contributed by atoms with Gasteiger partial charge in [-0.05, 0) is 50.2 Å². The number of hydrogen-bond donors (Lipinski definition) is 0. The van der Waals surface area contributed by atoms with Gasteiger partial charge in [-0.1, -0.05) is 15.9 Å². The van der Waals surface area contributed by atoms with Crippen LogP contribution in [0.4, 0.5) is 4.11 Å². The zero-order valence-electron chi connectivity index (χ0n) is 14.0. The largest absolute Gasteiger partial charge is 0.344 e. The van der Waals surface area contributed by atoms with E-state index in [9.17, 15) is 17.3 Å². The second kappa shape index (κ2) is 7.23. The molecule has 0 N–H and O–H groups in total. The maximum absolute atomic E-state index is 13.9. The van der Waals surface area contributed by atoms with Crippen molar-refractivity contribution in [3.8, 4) is 0 Å². The van der Waals surface area contributed by atoms with Crippen LogP contribution in [0, 0.1) is 0 Å². The Morgan fingerprint density at radius 3 is 2.50 bits per heavy atom. The second-order valence-corrected chi connectivity index (χ2v) is 13.2. The number of benzene rings is 1. The predicted octanol–water partition coefficient (Wildman–Crippen LogP) is 2.77. The topological polar surface area (TPSA) is 57.7 Å². The number of hydrogen-bond acceptors (Lipinski definition) is 3. The van der Waals surface area contributed by atoms with Crippen LogP contribution in [0.15, 0.2) is 33.6 Å². The molecule has 1 aromatic rings. The summed E-state index contributed by atoms with van der Waals surface area (Å²) in [6.07, 6.45) is 1.15. The first kappa shape index (κ1) is 19.6. The van der Waals surface area contributed by atoms with Crippen LogP contribution in [0.25, 0.3) is 0 Å². The fourth-order valence-corrected chi connectivity index (χ4v) is 6.11. The highest BCUT2D eigenvalue weighted by Crippen LogP contribution is 2.28. The number of sulfonamides is 1. The van der Waals surface area contributed by atoms with Gasteiger partial charge in [-0.25, -0.2) is 8.42 Å². The van der Waals surface area contributed by atoms with E-state index in [1.165, 1.54) is 34.4 Å². The van der Waals surface area contributed by atoms with Crippen molar-refractivity contribution < 1.29 is 17.3 Å². The van der Waals surface area contributed by atoms with Gasteiger partial charge in [-0.3, -0.25) is 4.79 Å². The van der Waals surface area contributed by atoms with Gasteiger partial charge >= 0.3 is 0 Å². The Kier molecular flexibility index (Phi) is 5.89. The molecule has 9 heteroatoms. The van der Waals surface area contributed by atoms with Crippen LogP contribution in [0.5, 0.6) is 0 Å². The molecule has 1 atom stereocenters. The van der Waals surface area contributed by atoms with E-state index in [2.05, 4.69) is 15.9 Å². The summed E-state index contributed by atoms with van der Waals surface area (Å²) in [5.41, 5.74) is 0. The summed E-state index contributed by atoms with van der Waals surface area (Å²) in [7, 11) is -5.14. The molecule has 5 nitrogen and oxygen atoms in total. The van der Waals surface area contributed by atoms with Crippen molar-refractivity contribution in [2.24, 2.45) is 0 Å². The lowest BCUT2D eigenvalue weighted by atomic mass is 10.2. The standard InChI is InChI=1S/C15H22BrFN2O3SSi/c1-18(11-24(2,3)17)15(20)14-5-4-10-19(14)23(21,22)13-8-6-12(16)7-9-13/h6-9,14H,4-5,10-11H2,1-3H3/t14-/m0/s1. The van der Waals surface area contributed by atoms with Crippen molar-refractivity contribution >= 4 is 40.3 Å². The zero-order valence-corrected chi connectivity index (χ0v) is 17.4. The molecule has 2 rings (SSSR count). The Hall–Kier alpha value is -0.773. The summed E-state index contributed by atoms with van der Waals surface area (Å²) in [6.45, 7) is 3.36. The van der Waals surface area contributed by atoms with Crippen LogP contribution in [0.3, 0.4) is 0 Å². The number of amides is 1. The zero-order chi connectivity index (χ0) is 18.1. The van der Waals surface area contributed by atoms with E-state index >= 15 is 0 Å². The van der Waals surface area contributed by atoms with Gasteiger partial charge in [-0.2, -0.15) is 4.31 Å². The van der Waals surface area contributed by atoms with Gasteiger partial charge in [0.15, 0.2) is 0 Å². The summed E-state index contributed by atoms with van der Waals surface area (Å²) in [5.74, 6) is -0.327. The molecule has 1 saturated heterocycles. The number of carbonyl (C=O) groups excluding carboxylic acids is 1. The Morgan fingerprint density at radius 1 is 1.38 bits per heavy atom. The Balaban J connectivity index is 2.23. The average Bonchev–Trinajstić information content (AvgIpc) is 2.95. The predicted molar refractivity (Wildman–Crippen MR) is 97.3 cm³/mol. The number of likely N-dealkylation sites (N-methyl/N-ethyl adjacent to an activating group) is 1. The smallest absolute Gasteiger partial charge is 0.259 e. The van der Waals surface area contributed by atoms with Crippen LogP contribution >= 0.6 is 15.9 Å². The van der Waals surface area contributed by atoms with Gasteiger partial charge in [0.05, 0.1) is 4.90 Å². The maximum atomic E-state index is 13.9. The van der Waals surface area contributed by atoms with Crippen molar-refractivity contribution in [1.29, 1.82) is 0 Å². The van der Waals surface area contributed by atoms with E-state index in [1.54, 1.807) is 19.2 Å². The molecule has 0 unspecified atom stereocenters. The quantitative estimate of drug-likeness (QED) is 0.526. The van der Waals surface area contributed by atoms with Crippen molar-refractivity contribution in [2.45, 2.75) is 36.9 Å².